The van der Waals surface area contributed by atoms with Gasteiger partial charge >= 0.3 is 5.97 Å². The highest BCUT2D eigenvalue weighted by Crippen LogP contribution is 2.32. The van der Waals surface area contributed by atoms with Gasteiger partial charge in [0.25, 0.3) is 0 Å². The standard InChI is InChI=1S/C8H11N3O2S/c1-11-4-9-2-6(11)7-10-5(3-14-7)8(12)13/h2,4-5,7,10H,3H2,1H3,(H,12,13). The van der Waals surface area contributed by atoms with Gasteiger partial charge in [-0.2, -0.15) is 0 Å². The first kappa shape index (κ1) is 9.54. The molecule has 1 aromatic heterocycles. The molecule has 0 bridgehead atoms. The van der Waals surface area contributed by atoms with Gasteiger partial charge in [0.1, 0.15) is 6.04 Å². The molecule has 0 aliphatic carbocycles. The van der Waals surface area contributed by atoms with Gasteiger partial charge in [-0.15, -0.1) is 11.8 Å². The first-order valence-corrected chi connectivity index (χ1v) is 5.30. The molecule has 2 heterocycles. The van der Waals surface area contributed by atoms with Crippen molar-refractivity contribution >= 4 is 17.7 Å². The van der Waals surface area contributed by atoms with Crippen LogP contribution >= 0.6 is 11.8 Å². The predicted octanol–water partition coefficient (Wildman–Crippen LogP) is 0.208. The van der Waals surface area contributed by atoms with Gasteiger partial charge in [0.05, 0.1) is 23.6 Å². The number of carboxylic acid groups (broad SMARTS) is 1. The molecule has 0 radical (unpaired) electrons. The number of aromatic nitrogens is 2. The quantitative estimate of drug-likeness (QED) is 0.735. The smallest absolute Gasteiger partial charge is 0.321 e. The molecule has 2 atom stereocenters. The molecule has 5 nitrogen and oxygen atoms in total. The number of aryl methyl sites for hydroxylation is 1. The number of carboxylic acids is 1. The van der Waals surface area contributed by atoms with E-state index in [4.69, 9.17) is 5.11 Å². The van der Waals surface area contributed by atoms with Crippen LogP contribution in [0.25, 0.3) is 0 Å². The SMILES string of the molecule is Cn1cncc1C1NC(C(=O)O)CS1. The van der Waals surface area contributed by atoms with Gasteiger partial charge < -0.3 is 9.67 Å². The largest absolute Gasteiger partial charge is 0.480 e. The molecule has 1 fully saturated rings. The summed E-state index contributed by atoms with van der Waals surface area (Å²) in [5.74, 6) is -0.187. The fraction of sp³-hybridized carbons (Fsp3) is 0.500. The lowest BCUT2D eigenvalue weighted by Crippen LogP contribution is -2.34. The van der Waals surface area contributed by atoms with Gasteiger partial charge in [0.2, 0.25) is 0 Å². The van der Waals surface area contributed by atoms with Gasteiger partial charge in [-0.25, -0.2) is 4.98 Å². The van der Waals surface area contributed by atoms with E-state index in [0.717, 1.165) is 5.69 Å². The summed E-state index contributed by atoms with van der Waals surface area (Å²) in [5, 5.41) is 11.9. The third kappa shape index (κ3) is 1.62. The second-order valence-corrected chi connectivity index (χ2v) is 4.34. The molecule has 0 saturated carbocycles. The highest BCUT2D eigenvalue weighted by Gasteiger charge is 2.31. The molecule has 1 saturated heterocycles. The zero-order valence-electron chi connectivity index (χ0n) is 7.67. The van der Waals surface area contributed by atoms with Crippen molar-refractivity contribution in [3.8, 4) is 0 Å². The van der Waals surface area contributed by atoms with E-state index in [-0.39, 0.29) is 5.37 Å². The minimum Gasteiger partial charge on any atom is -0.480 e. The zero-order valence-corrected chi connectivity index (χ0v) is 8.49. The van der Waals surface area contributed by atoms with Crippen LogP contribution in [-0.4, -0.2) is 32.4 Å². The second kappa shape index (κ2) is 3.62. The van der Waals surface area contributed by atoms with Gasteiger partial charge in [-0.05, 0) is 0 Å². The minimum atomic E-state index is -0.790. The molecular formula is C8H11N3O2S. The summed E-state index contributed by atoms with van der Waals surface area (Å²) in [6, 6.07) is -0.445. The maximum atomic E-state index is 10.7. The van der Waals surface area contributed by atoms with E-state index >= 15 is 0 Å². The van der Waals surface area contributed by atoms with Crippen LogP contribution in [0.5, 0.6) is 0 Å². The average Bonchev–Trinajstić information content (AvgIpc) is 2.71. The van der Waals surface area contributed by atoms with Crippen molar-refractivity contribution in [3.63, 3.8) is 0 Å². The van der Waals surface area contributed by atoms with Crippen LogP contribution in [0.4, 0.5) is 0 Å². The third-order valence-electron chi connectivity index (χ3n) is 2.20. The van der Waals surface area contributed by atoms with Crippen molar-refractivity contribution in [1.82, 2.24) is 14.9 Å². The molecule has 1 aromatic rings. The number of nitrogens with zero attached hydrogens (tertiary/aromatic N) is 2. The van der Waals surface area contributed by atoms with Crippen LogP contribution in [0.15, 0.2) is 12.5 Å². The molecule has 1 aliphatic rings. The molecule has 14 heavy (non-hydrogen) atoms. The average molecular weight is 213 g/mol. The summed E-state index contributed by atoms with van der Waals surface area (Å²) in [6.07, 6.45) is 3.47. The molecule has 1 aliphatic heterocycles. The fourth-order valence-corrected chi connectivity index (χ4v) is 2.69. The van der Waals surface area contributed by atoms with E-state index in [1.165, 1.54) is 0 Å². The lowest BCUT2D eigenvalue weighted by Gasteiger charge is -2.10. The monoisotopic (exact) mass is 213 g/mol. The third-order valence-corrected chi connectivity index (χ3v) is 3.44. The number of hydrogen-bond acceptors (Lipinski definition) is 4. The van der Waals surface area contributed by atoms with E-state index in [1.807, 2.05) is 11.6 Å². The van der Waals surface area contributed by atoms with Crippen LogP contribution in [0, 0.1) is 0 Å². The molecule has 2 rings (SSSR count). The summed E-state index contributed by atoms with van der Waals surface area (Å²) >= 11 is 1.60. The number of nitrogens with one attached hydrogen (secondary N) is 1. The van der Waals surface area contributed by atoms with E-state index in [2.05, 4.69) is 10.3 Å². The number of thioether (sulfide) groups is 1. The highest BCUT2D eigenvalue weighted by atomic mass is 32.2. The zero-order chi connectivity index (χ0) is 10.1. The Morgan fingerprint density at radius 2 is 2.64 bits per heavy atom. The van der Waals surface area contributed by atoms with Crippen molar-refractivity contribution in [1.29, 1.82) is 0 Å². The number of carbonyl (C=O) groups is 1. The van der Waals surface area contributed by atoms with Gasteiger partial charge in [-0.1, -0.05) is 0 Å². The van der Waals surface area contributed by atoms with E-state index in [9.17, 15) is 4.79 Å². The van der Waals surface area contributed by atoms with E-state index < -0.39 is 12.0 Å². The summed E-state index contributed by atoms with van der Waals surface area (Å²) in [4.78, 5) is 14.7. The maximum absolute atomic E-state index is 10.7. The van der Waals surface area contributed by atoms with Crippen LogP contribution in [0.2, 0.25) is 0 Å². The summed E-state index contributed by atoms with van der Waals surface area (Å²) in [5.41, 5.74) is 1.01. The molecule has 0 spiro atoms. The summed E-state index contributed by atoms with van der Waals surface area (Å²) < 4.78 is 1.90. The van der Waals surface area contributed by atoms with Crippen molar-refractivity contribution in [2.24, 2.45) is 7.05 Å². The van der Waals surface area contributed by atoms with Gasteiger partial charge in [0.15, 0.2) is 0 Å². The van der Waals surface area contributed by atoms with Crippen LogP contribution in [-0.2, 0) is 11.8 Å². The first-order valence-electron chi connectivity index (χ1n) is 4.25. The molecule has 0 aromatic carbocycles. The Labute approximate surface area is 85.5 Å². The predicted molar refractivity (Wildman–Crippen MR) is 53.0 cm³/mol. The van der Waals surface area contributed by atoms with E-state index in [1.54, 1.807) is 24.3 Å². The second-order valence-electron chi connectivity index (χ2n) is 3.20. The Hall–Kier alpha value is -1.01. The topological polar surface area (TPSA) is 67.2 Å². The van der Waals surface area contributed by atoms with Crippen LogP contribution in [0.3, 0.4) is 0 Å². The Kier molecular flexibility index (Phi) is 2.47. The summed E-state index contributed by atoms with van der Waals surface area (Å²) in [7, 11) is 1.90. The number of hydrogen-bond donors (Lipinski definition) is 2. The molecule has 0 amide bonds. The van der Waals surface area contributed by atoms with Crippen molar-refractivity contribution in [2.45, 2.75) is 11.4 Å². The normalized spacial score (nSPS) is 26.6. The lowest BCUT2D eigenvalue weighted by atomic mass is 10.3. The highest BCUT2D eigenvalue weighted by molar-refractivity contribution is 7.99. The number of imidazole rings is 1. The van der Waals surface area contributed by atoms with E-state index in [0.29, 0.717) is 5.75 Å². The fourth-order valence-electron chi connectivity index (χ4n) is 1.40. The Morgan fingerprint density at radius 3 is 3.14 bits per heavy atom. The minimum absolute atomic E-state index is 0.0450. The van der Waals surface area contributed by atoms with Gasteiger partial charge in [0, 0.05) is 12.8 Å². The lowest BCUT2D eigenvalue weighted by molar-refractivity contribution is -0.138. The van der Waals surface area contributed by atoms with Gasteiger partial charge in [-0.3, -0.25) is 10.1 Å². The molecule has 2 N–H and O–H groups in total. The van der Waals surface area contributed by atoms with Crippen molar-refractivity contribution < 1.29 is 9.90 Å². The molecule has 6 heteroatoms. The van der Waals surface area contributed by atoms with Crippen LogP contribution in [0.1, 0.15) is 11.1 Å². The molecule has 2 unspecified atom stereocenters. The summed E-state index contributed by atoms with van der Waals surface area (Å²) in [6.45, 7) is 0. The molecular weight excluding hydrogens is 202 g/mol. The number of rotatable bonds is 2. The van der Waals surface area contributed by atoms with Crippen molar-refractivity contribution in [2.75, 3.05) is 5.75 Å². The Morgan fingerprint density at radius 1 is 1.86 bits per heavy atom. The molecule has 76 valence electrons. The maximum Gasteiger partial charge on any atom is 0.321 e. The Balaban J connectivity index is 2.10. The number of aliphatic carboxylic acids is 1. The van der Waals surface area contributed by atoms with Crippen molar-refractivity contribution in [3.05, 3.63) is 18.2 Å². The Bertz CT molecular complexity index is 352. The first-order chi connectivity index (χ1) is 6.68. The van der Waals surface area contributed by atoms with Crippen LogP contribution < -0.4 is 5.32 Å².